The summed E-state index contributed by atoms with van der Waals surface area (Å²) in [5.41, 5.74) is 0. The molecule has 25 nitrogen and oxygen atoms in total. The zero-order valence-corrected chi connectivity index (χ0v) is 79.0. The van der Waals surface area contributed by atoms with E-state index in [1.807, 2.05) is 0 Å². The summed E-state index contributed by atoms with van der Waals surface area (Å²) in [6, 6.07) is 0. The van der Waals surface area contributed by atoms with Crippen molar-refractivity contribution < 1.29 is 125 Å². The van der Waals surface area contributed by atoms with Gasteiger partial charge in [-0.25, -0.2) is 0 Å². The number of aliphatic carboxylic acids is 5. The van der Waals surface area contributed by atoms with Crippen LogP contribution < -0.4 is 0 Å². The van der Waals surface area contributed by atoms with Gasteiger partial charge in [0.15, 0.2) is 0 Å². The van der Waals surface area contributed by atoms with E-state index in [1.54, 1.807) is 0 Å². The highest BCUT2D eigenvalue weighted by atomic mass is 16.6. The van der Waals surface area contributed by atoms with E-state index in [0.29, 0.717) is 32.1 Å². The molecule has 17 N–H and O–H groups in total. The summed E-state index contributed by atoms with van der Waals surface area (Å²) in [5, 5.41) is 149. The minimum absolute atomic E-state index is 0.00287. The van der Waals surface area contributed by atoms with Crippen molar-refractivity contribution >= 4 is 29.8 Å². The number of aliphatic hydroxyl groups is 12. The van der Waals surface area contributed by atoms with Crippen LogP contribution in [0.1, 0.15) is 484 Å². The quantitative estimate of drug-likeness (QED) is 0.0251. The summed E-state index contributed by atoms with van der Waals surface area (Å²) in [6.07, 6.45) is 74.2. The summed E-state index contributed by atoms with van der Waals surface area (Å²) in [6.45, 7) is 9.88. The molecule has 0 aliphatic carbocycles. The monoisotopic (exact) mass is 1770 g/mol. The largest absolute Gasteiger partial charge is 0.481 e. The van der Waals surface area contributed by atoms with E-state index in [-0.39, 0.29) is 19.8 Å². The third kappa shape index (κ3) is 97.6. The van der Waals surface area contributed by atoms with Gasteiger partial charge in [0.25, 0.3) is 0 Å². The van der Waals surface area contributed by atoms with E-state index in [2.05, 4.69) is 34.6 Å². The Hall–Kier alpha value is -3.25. The summed E-state index contributed by atoms with van der Waals surface area (Å²) < 4.78 is 14.5. The number of carboxylic acid groups (broad SMARTS) is 5. The highest BCUT2D eigenvalue weighted by Gasteiger charge is 2.41. The normalized spacial score (nSPS) is 18.8. The van der Waals surface area contributed by atoms with Crippen molar-refractivity contribution in [2.45, 2.75) is 557 Å². The van der Waals surface area contributed by atoms with Crippen LogP contribution in [0.2, 0.25) is 0 Å². The molecule has 3 heterocycles. The number of aliphatic hydroxyl groups excluding tert-OH is 12. The number of hydrogen-bond donors (Lipinski definition) is 17. The van der Waals surface area contributed by atoms with Crippen molar-refractivity contribution in [3.8, 4) is 0 Å². The second-order valence-electron chi connectivity index (χ2n) is 34.7. The lowest BCUT2D eigenvalue weighted by Gasteiger charge is -2.18. The average Bonchev–Trinajstić information content (AvgIpc) is 1.74. The van der Waals surface area contributed by atoms with Gasteiger partial charge in [-0.3, -0.25) is 24.0 Å². The van der Waals surface area contributed by atoms with Crippen LogP contribution in [0.4, 0.5) is 0 Å². The van der Waals surface area contributed by atoms with Crippen molar-refractivity contribution in [1.29, 1.82) is 0 Å². The fourth-order valence-electron chi connectivity index (χ4n) is 14.7. The topological polar surface area (TPSA) is 457 Å². The van der Waals surface area contributed by atoms with Gasteiger partial charge in [-0.15, -0.1) is 0 Å². The maximum Gasteiger partial charge on any atom is 0.303 e. The molecular formula is C98H196O25. The number of carbonyl (C=O) groups is 5. The second-order valence-corrected chi connectivity index (χ2v) is 34.7. The standard InChI is InChI=1S/5C16H32O2.3C6H12O5/c5*1-2-3-4-5-6-7-8-9-10-11-12-13-14-15-16(17)18;3*7-1-3(8)6-5(10)4(9)2-11-6/h5*2-15H2,1H3,(H,17,18);3*3-10H,1-2H2/t;;;;;3*3-,4+,5-,6-/m.....111/s1. The van der Waals surface area contributed by atoms with Crippen LogP contribution >= 0.6 is 0 Å². The molecule has 0 radical (unpaired) electrons. The summed E-state index contributed by atoms with van der Waals surface area (Å²) in [4.78, 5) is 51.5. The minimum Gasteiger partial charge on any atom is -0.481 e. The molecule has 3 fully saturated rings. The van der Waals surface area contributed by atoms with Gasteiger partial charge in [0.2, 0.25) is 0 Å². The Balaban J connectivity index is -0.000000434. The first-order valence-electron chi connectivity index (χ1n) is 50.2. The van der Waals surface area contributed by atoms with Gasteiger partial charge in [0.1, 0.15) is 73.2 Å². The minimum atomic E-state index is -1.12. The molecule has 0 aromatic heterocycles. The number of rotatable bonds is 76. The molecule has 0 aromatic carbocycles. The first-order valence-corrected chi connectivity index (χ1v) is 50.2. The van der Waals surface area contributed by atoms with Gasteiger partial charge < -0.3 is 101 Å². The molecule has 0 spiro atoms. The molecule has 25 heteroatoms. The smallest absolute Gasteiger partial charge is 0.303 e. The van der Waals surface area contributed by atoms with E-state index in [0.717, 1.165) is 64.2 Å². The van der Waals surface area contributed by atoms with Crippen molar-refractivity contribution in [3.05, 3.63) is 0 Å². The van der Waals surface area contributed by atoms with E-state index >= 15 is 0 Å². The number of carboxylic acids is 5. The van der Waals surface area contributed by atoms with E-state index in [1.165, 1.54) is 353 Å². The molecule has 3 aliphatic heterocycles. The summed E-state index contributed by atoms with van der Waals surface area (Å²) in [5.74, 6) is -3.27. The molecule has 123 heavy (non-hydrogen) atoms. The van der Waals surface area contributed by atoms with Gasteiger partial charge in [-0.05, 0) is 32.1 Å². The molecule has 0 aromatic rings. The summed E-state index contributed by atoms with van der Waals surface area (Å²) >= 11 is 0. The Morgan fingerprint density at radius 1 is 0.211 bits per heavy atom. The van der Waals surface area contributed by atoms with Crippen LogP contribution in [-0.2, 0) is 38.2 Å². The third-order valence-corrected chi connectivity index (χ3v) is 22.7. The molecular weight excluding hydrogens is 1580 g/mol. The zero-order valence-electron chi connectivity index (χ0n) is 79.0. The zero-order chi connectivity index (χ0) is 92.7. The maximum absolute atomic E-state index is 10.3. The molecule has 3 saturated heterocycles. The average molecular weight is 1770 g/mol. The fourth-order valence-corrected chi connectivity index (χ4v) is 14.7. The lowest BCUT2D eigenvalue weighted by molar-refractivity contribution is -0.138. The molecule has 3 aliphatic rings. The molecule has 0 amide bonds. The molecule has 0 bridgehead atoms. The molecule has 0 saturated carbocycles. The third-order valence-electron chi connectivity index (χ3n) is 22.7. The van der Waals surface area contributed by atoms with Crippen LogP contribution in [0.5, 0.6) is 0 Å². The highest BCUT2D eigenvalue weighted by Crippen LogP contribution is 2.23. The van der Waals surface area contributed by atoms with Gasteiger partial charge in [0, 0.05) is 32.1 Å². The first kappa shape index (κ1) is 128. The lowest BCUT2D eigenvalue weighted by Crippen LogP contribution is -2.40. The number of hydrogen-bond acceptors (Lipinski definition) is 20. The molecule has 3 rings (SSSR count). The van der Waals surface area contributed by atoms with Crippen LogP contribution in [0.3, 0.4) is 0 Å². The predicted octanol–water partition coefficient (Wildman–Crippen LogP) is 20.1. The predicted molar refractivity (Wildman–Crippen MR) is 494 cm³/mol. The van der Waals surface area contributed by atoms with Crippen molar-refractivity contribution in [2.75, 3.05) is 39.6 Å². The number of ether oxygens (including phenoxy) is 3. The van der Waals surface area contributed by atoms with Crippen LogP contribution in [0.15, 0.2) is 0 Å². The second kappa shape index (κ2) is 102. The van der Waals surface area contributed by atoms with Gasteiger partial charge in [-0.2, -0.15) is 0 Å². The van der Waals surface area contributed by atoms with E-state index in [4.69, 9.17) is 101 Å². The maximum atomic E-state index is 10.3. The Labute approximate surface area is 748 Å². The lowest BCUT2D eigenvalue weighted by atomic mass is 10.0. The van der Waals surface area contributed by atoms with Crippen molar-refractivity contribution in [3.63, 3.8) is 0 Å². The SMILES string of the molecule is CCCCCCCCCCCCCCCC(=O)O.CCCCCCCCCCCCCCCC(=O)O.CCCCCCCCCCCCCCCC(=O)O.CCCCCCCCCCCCCCCC(=O)O.CCCCCCCCCCCCCCCC(=O)O.OC[C@@H](O)[C@H]1OC[C@H](O)[C@H]1O.OC[C@@H](O)[C@H]1OC[C@H](O)[C@H]1O.OC[C@@H](O)[C@H]1OC[C@H](O)[C@H]1O. The van der Waals surface area contributed by atoms with Gasteiger partial charge in [-0.1, -0.05) is 420 Å². The van der Waals surface area contributed by atoms with Crippen LogP contribution in [0, 0.1) is 0 Å². The Morgan fingerprint density at radius 3 is 0.398 bits per heavy atom. The van der Waals surface area contributed by atoms with E-state index < -0.39 is 123 Å². The van der Waals surface area contributed by atoms with Gasteiger partial charge >= 0.3 is 29.8 Å². The Morgan fingerprint density at radius 2 is 0.317 bits per heavy atom. The van der Waals surface area contributed by atoms with Crippen LogP contribution in [-0.4, -0.2) is 230 Å². The van der Waals surface area contributed by atoms with Gasteiger partial charge in [0.05, 0.1) is 39.6 Å². The van der Waals surface area contributed by atoms with Crippen molar-refractivity contribution in [1.82, 2.24) is 0 Å². The summed E-state index contributed by atoms with van der Waals surface area (Å²) in [7, 11) is 0. The Bertz CT molecular complexity index is 1850. The highest BCUT2D eigenvalue weighted by molar-refractivity contribution is 5.67. The Kier molecular flexibility index (Phi) is 107. The fraction of sp³-hybridized carbons (Fsp3) is 0.949. The first-order chi connectivity index (χ1) is 59.3. The number of unbranched alkanes of at least 4 members (excludes halogenated alkanes) is 60. The molecule has 12 atom stereocenters. The van der Waals surface area contributed by atoms with Crippen LogP contribution in [0.25, 0.3) is 0 Å². The van der Waals surface area contributed by atoms with Crippen molar-refractivity contribution in [2.24, 2.45) is 0 Å². The molecule has 0 unspecified atom stereocenters. The van der Waals surface area contributed by atoms with E-state index in [9.17, 15) is 24.0 Å². The molecule has 738 valence electrons.